The average Bonchev–Trinajstić information content (AvgIpc) is 3.24. The van der Waals surface area contributed by atoms with Crippen LogP contribution in [0.15, 0.2) is 60.8 Å². The molecular formula is C26H28N4O2. The summed E-state index contributed by atoms with van der Waals surface area (Å²) in [5, 5.41) is 2.83. The summed E-state index contributed by atoms with van der Waals surface area (Å²) in [6.07, 6.45) is 2.77. The van der Waals surface area contributed by atoms with Gasteiger partial charge in [-0.2, -0.15) is 0 Å². The summed E-state index contributed by atoms with van der Waals surface area (Å²) in [6, 6.07) is 18.5. The topological polar surface area (TPSA) is 75.2 Å². The number of amides is 2. The van der Waals surface area contributed by atoms with Gasteiger partial charge in [0.25, 0.3) is 5.91 Å². The van der Waals surface area contributed by atoms with Gasteiger partial charge in [0, 0.05) is 26.3 Å². The van der Waals surface area contributed by atoms with E-state index in [1.807, 2.05) is 31.2 Å². The molecule has 1 atom stereocenters. The highest BCUT2D eigenvalue weighted by Gasteiger charge is 2.46. The molecule has 32 heavy (non-hydrogen) atoms. The van der Waals surface area contributed by atoms with Gasteiger partial charge in [0.1, 0.15) is 5.82 Å². The van der Waals surface area contributed by atoms with Crippen LogP contribution < -0.4 is 5.32 Å². The molecule has 0 aliphatic carbocycles. The van der Waals surface area contributed by atoms with Crippen LogP contribution in [0.4, 0.5) is 0 Å². The second-order valence-electron chi connectivity index (χ2n) is 8.50. The molecule has 6 heteroatoms. The molecule has 1 saturated heterocycles. The Hall–Kier alpha value is -3.54. The number of nitrogens with one attached hydrogen (secondary N) is 1. The fraction of sp³-hybridized carbons (Fsp3) is 0.308. The van der Waals surface area contributed by atoms with Gasteiger partial charge in [-0.05, 0) is 43.4 Å². The van der Waals surface area contributed by atoms with Crippen molar-refractivity contribution in [3.63, 3.8) is 0 Å². The fourth-order valence-corrected chi connectivity index (χ4v) is 4.57. The van der Waals surface area contributed by atoms with E-state index < -0.39 is 5.41 Å². The van der Waals surface area contributed by atoms with Crippen molar-refractivity contribution in [2.75, 3.05) is 20.1 Å². The lowest BCUT2D eigenvalue weighted by Crippen LogP contribution is -2.44. The van der Waals surface area contributed by atoms with Gasteiger partial charge in [-0.3, -0.25) is 9.59 Å². The molecule has 0 spiro atoms. The van der Waals surface area contributed by atoms with Crippen LogP contribution in [-0.2, 0) is 11.2 Å². The predicted molar refractivity (Wildman–Crippen MR) is 124 cm³/mol. The number of nitrogens with zero attached hydrogens (tertiary/aromatic N) is 3. The van der Waals surface area contributed by atoms with Gasteiger partial charge >= 0.3 is 0 Å². The minimum absolute atomic E-state index is 0.0326. The first-order valence-corrected chi connectivity index (χ1v) is 10.9. The van der Waals surface area contributed by atoms with Crippen LogP contribution >= 0.6 is 0 Å². The van der Waals surface area contributed by atoms with E-state index in [-0.39, 0.29) is 11.8 Å². The second kappa shape index (κ2) is 8.91. The Morgan fingerprint density at radius 3 is 2.53 bits per heavy atom. The normalized spacial score (nSPS) is 17.9. The quantitative estimate of drug-likeness (QED) is 0.674. The maximum atomic E-state index is 13.2. The van der Waals surface area contributed by atoms with Gasteiger partial charge in [0.15, 0.2) is 0 Å². The lowest BCUT2D eigenvalue weighted by atomic mass is 9.79. The third kappa shape index (κ3) is 4.26. The van der Waals surface area contributed by atoms with Gasteiger partial charge in [-0.1, -0.05) is 54.6 Å². The molecule has 4 rings (SSSR count). The summed E-state index contributed by atoms with van der Waals surface area (Å²) >= 11 is 0. The van der Waals surface area contributed by atoms with E-state index in [1.54, 1.807) is 25.1 Å². The summed E-state index contributed by atoms with van der Waals surface area (Å²) in [6.45, 7) is 4.52. The Morgan fingerprint density at radius 2 is 1.81 bits per heavy atom. The van der Waals surface area contributed by atoms with Gasteiger partial charge in [0.2, 0.25) is 5.91 Å². The lowest BCUT2D eigenvalue weighted by molar-refractivity contribution is -0.129. The first-order valence-electron chi connectivity index (χ1n) is 10.9. The monoisotopic (exact) mass is 428 g/mol. The summed E-state index contributed by atoms with van der Waals surface area (Å²) < 4.78 is 0. The smallest absolute Gasteiger partial charge is 0.257 e. The van der Waals surface area contributed by atoms with Crippen molar-refractivity contribution < 1.29 is 9.59 Å². The highest BCUT2D eigenvalue weighted by molar-refractivity contribution is 5.96. The maximum Gasteiger partial charge on any atom is 0.257 e. The molecule has 1 aliphatic heterocycles. The molecule has 1 aromatic heterocycles. The molecule has 2 heterocycles. The van der Waals surface area contributed by atoms with E-state index in [0.29, 0.717) is 43.0 Å². The molecule has 0 radical (unpaired) electrons. The van der Waals surface area contributed by atoms with Crippen molar-refractivity contribution in [2.24, 2.45) is 5.41 Å². The second-order valence-corrected chi connectivity index (χ2v) is 8.50. The van der Waals surface area contributed by atoms with Crippen LogP contribution in [0.3, 0.4) is 0 Å². The number of aromatic nitrogens is 2. The van der Waals surface area contributed by atoms with Crippen LogP contribution in [0.2, 0.25) is 0 Å². The molecule has 1 aliphatic rings. The molecule has 0 bridgehead atoms. The van der Waals surface area contributed by atoms with Crippen molar-refractivity contribution in [3.05, 3.63) is 83.4 Å². The van der Waals surface area contributed by atoms with Crippen molar-refractivity contribution >= 4 is 11.8 Å². The van der Waals surface area contributed by atoms with Crippen LogP contribution in [0.1, 0.15) is 33.9 Å². The fourth-order valence-electron chi connectivity index (χ4n) is 4.57. The minimum atomic E-state index is -0.667. The summed E-state index contributed by atoms with van der Waals surface area (Å²) in [4.78, 5) is 36.5. The Kier molecular flexibility index (Phi) is 6.04. The molecule has 1 fully saturated rings. The molecule has 3 aromatic rings. The third-order valence-electron chi connectivity index (χ3n) is 6.26. The van der Waals surface area contributed by atoms with E-state index >= 15 is 0 Å². The molecule has 1 N–H and O–H groups in total. The molecule has 2 aromatic carbocycles. The van der Waals surface area contributed by atoms with Gasteiger partial charge in [-0.25, -0.2) is 9.97 Å². The maximum absolute atomic E-state index is 13.2. The zero-order valence-corrected chi connectivity index (χ0v) is 18.8. The molecule has 2 amide bonds. The van der Waals surface area contributed by atoms with Crippen molar-refractivity contribution in [1.29, 1.82) is 0 Å². The predicted octanol–water partition coefficient (Wildman–Crippen LogP) is 3.58. The summed E-state index contributed by atoms with van der Waals surface area (Å²) in [5.74, 6) is 0.486. The van der Waals surface area contributed by atoms with Crippen LogP contribution in [0.25, 0.3) is 11.1 Å². The number of carbonyl (C=O) groups excluding carboxylic acids is 2. The Balaban J connectivity index is 1.59. The summed E-state index contributed by atoms with van der Waals surface area (Å²) in [7, 11) is 1.66. The molecule has 6 nitrogen and oxygen atoms in total. The number of benzene rings is 2. The van der Waals surface area contributed by atoms with Gasteiger partial charge in [-0.15, -0.1) is 0 Å². The number of rotatable bonds is 5. The molecule has 1 unspecified atom stereocenters. The Labute approximate surface area is 188 Å². The zero-order chi connectivity index (χ0) is 22.7. The third-order valence-corrected chi connectivity index (χ3v) is 6.26. The zero-order valence-electron chi connectivity index (χ0n) is 18.8. The highest BCUT2D eigenvalue weighted by atomic mass is 16.2. The van der Waals surface area contributed by atoms with Crippen molar-refractivity contribution in [1.82, 2.24) is 20.2 Å². The average molecular weight is 429 g/mol. The molecule has 0 saturated carbocycles. The van der Waals surface area contributed by atoms with Crippen LogP contribution in [0.5, 0.6) is 0 Å². The van der Waals surface area contributed by atoms with E-state index in [4.69, 9.17) is 0 Å². The number of carbonyl (C=O) groups is 2. The largest absolute Gasteiger partial charge is 0.359 e. The first kappa shape index (κ1) is 21.7. The van der Waals surface area contributed by atoms with Crippen molar-refractivity contribution in [3.8, 4) is 11.1 Å². The first-order chi connectivity index (χ1) is 15.4. The number of likely N-dealkylation sites (tertiary alicyclic amines) is 1. The SMILES string of the molecule is CNC(=O)C1(Cc2cccc(-c3ccccc3)c2)CCN(C(=O)c2cnc(C)nc2C)C1. The van der Waals surface area contributed by atoms with Crippen LogP contribution in [0, 0.1) is 19.3 Å². The highest BCUT2D eigenvalue weighted by Crippen LogP contribution is 2.36. The minimum Gasteiger partial charge on any atom is -0.359 e. The van der Waals surface area contributed by atoms with Gasteiger partial charge < -0.3 is 10.2 Å². The van der Waals surface area contributed by atoms with E-state index in [1.165, 1.54) is 0 Å². The molecular weight excluding hydrogens is 400 g/mol. The number of aryl methyl sites for hydroxylation is 2. The number of hydrogen-bond acceptors (Lipinski definition) is 4. The lowest BCUT2D eigenvalue weighted by Gasteiger charge is -2.28. The van der Waals surface area contributed by atoms with Crippen LogP contribution in [-0.4, -0.2) is 46.8 Å². The summed E-state index contributed by atoms with van der Waals surface area (Å²) in [5.41, 5.74) is 3.83. The van der Waals surface area contributed by atoms with Gasteiger partial charge in [0.05, 0.1) is 16.7 Å². The Bertz CT molecular complexity index is 1150. The standard InChI is InChI=1S/C26H28N4O2/c1-18-23(16-28-19(2)29-18)24(31)30-13-12-26(17-30,25(32)27-3)15-20-8-7-11-22(14-20)21-9-5-4-6-10-21/h4-11,14,16H,12-13,15,17H2,1-3H3,(H,27,32). The van der Waals surface area contributed by atoms with E-state index in [9.17, 15) is 9.59 Å². The van der Waals surface area contributed by atoms with E-state index in [2.05, 4.69) is 45.6 Å². The number of hydrogen-bond donors (Lipinski definition) is 1. The Morgan fingerprint density at radius 1 is 1.06 bits per heavy atom. The van der Waals surface area contributed by atoms with E-state index in [0.717, 1.165) is 16.7 Å². The molecule has 164 valence electrons. The van der Waals surface area contributed by atoms with Crippen molar-refractivity contribution in [2.45, 2.75) is 26.7 Å².